The molecule has 4 rings (SSSR count). The molecule has 1 spiro atoms. The van der Waals surface area contributed by atoms with Crippen molar-refractivity contribution in [1.29, 1.82) is 0 Å². The molecule has 4 heterocycles. The maximum Gasteiger partial charge on any atom is 0.120 e. The van der Waals surface area contributed by atoms with Crippen molar-refractivity contribution in [2.45, 2.75) is 39.3 Å². The molecular weight excluding hydrogens is 340 g/mol. The number of hydrogen-bond donors (Lipinski definition) is 2. The van der Waals surface area contributed by atoms with Gasteiger partial charge in [-0.15, -0.1) is 0 Å². The smallest absolute Gasteiger partial charge is 0.120 e. The van der Waals surface area contributed by atoms with Crippen LogP contribution in [0.15, 0.2) is 24.8 Å². The van der Waals surface area contributed by atoms with Crippen molar-refractivity contribution in [2.24, 2.45) is 11.3 Å². The molecule has 2 aromatic rings. The molecule has 0 radical (unpaired) electrons. The van der Waals surface area contributed by atoms with Crippen molar-refractivity contribution >= 4 is 0 Å². The van der Waals surface area contributed by atoms with Gasteiger partial charge in [-0.2, -0.15) is 0 Å². The summed E-state index contributed by atoms with van der Waals surface area (Å²) in [5.41, 5.74) is 2.39. The highest BCUT2D eigenvalue weighted by atomic mass is 16.3. The van der Waals surface area contributed by atoms with Gasteiger partial charge in [0.05, 0.1) is 17.9 Å². The molecule has 0 bridgehead atoms. The molecule has 2 aliphatic rings. The molecule has 0 aromatic carbocycles. The van der Waals surface area contributed by atoms with E-state index in [9.17, 15) is 5.11 Å². The summed E-state index contributed by atoms with van der Waals surface area (Å²) in [6, 6.07) is 0. The molecule has 0 saturated carbocycles. The van der Waals surface area contributed by atoms with E-state index in [0.29, 0.717) is 5.92 Å². The van der Waals surface area contributed by atoms with Gasteiger partial charge in [-0.05, 0) is 51.2 Å². The minimum atomic E-state index is 0.276. The highest BCUT2D eigenvalue weighted by molar-refractivity contribution is 5.08. The SMILES string of the molecule is Cc1nccnc1CN1CCC2(CC1)CCN(Cc1ncc[nH]1)C[C@H]2CO. The van der Waals surface area contributed by atoms with Crippen molar-refractivity contribution in [3.8, 4) is 0 Å². The number of aromatic nitrogens is 4. The van der Waals surface area contributed by atoms with Crippen molar-refractivity contribution in [1.82, 2.24) is 29.7 Å². The Hall–Kier alpha value is -1.83. The molecule has 146 valence electrons. The van der Waals surface area contributed by atoms with Gasteiger partial charge in [-0.25, -0.2) is 4.98 Å². The number of piperidine rings is 2. The number of imidazole rings is 1. The van der Waals surface area contributed by atoms with Crippen LogP contribution < -0.4 is 0 Å². The topological polar surface area (TPSA) is 81.2 Å². The summed E-state index contributed by atoms with van der Waals surface area (Å²) in [7, 11) is 0. The molecule has 0 unspecified atom stereocenters. The first-order chi connectivity index (χ1) is 13.2. The second-order valence-corrected chi connectivity index (χ2v) is 8.13. The Bertz CT molecular complexity index is 726. The second-order valence-electron chi connectivity index (χ2n) is 8.13. The van der Waals surface area contributed by atoms with E-state index >= 15 is 0 Å². The average Bonchev–Trinajstić information content (AvgIpc) is 3.20. The lowest BCUT2D eigenvalue weighted by Gasteiger charge is -2.51. The number of aryl methyl sites for hydroxylation is 1. The van der Waals surface area contributed by atoms with Crippen LogP contribution in [0.5, 0.6) is 0 Å². The second kappa shape index (κ2) is 8.04. The van der Waals surface area contributed by atoms with E-state index in [1.165, 1.54) is 0 Å². The Balaban J connectivity index is 1.35. The number of aliphatic hydroxyl groups is 1. The van der Waals surface area contributed by atoms with Gasteiger partial charge in [-0.1, -0.05) is 0 Å². The minimum absolute atomic E-state index is 0.276. The molecule has 2 N–H and O–H groups in total. The van der Waals surface area contributed by atoms with Crippen molar-refractivity contribution in [2.75, 3.05) is 32.8 Å². The number of likely N-dealkylation sites (tertiary alicyclic amines) is 2. The zero-order chi connectivity index (χ0) is 18.7. The number of aliphatic hydroxyl groups excluding tert-OH is 1. The molecule has 2 saturated heterocycles. The summed E-state index contributed by atoms with van der Waals surface area (Å²) < 4.78 is 0. The predicted octanol–water partition coefficient (Wildman–Crippen LogP) is 1.60. The van der Waals surface area contributed by atoms with E-state index in [4.69, 9.17) is 0 Å². The zero-order valence-electron chi connectivity index (χ0n) is 16.1. The Morgan fingerprint density at radius 2 is 1.78 bits per heavy atom. The molecule has 7 nitrogen and oxygen atoms in total. The Kier molecular flexibility index (Phi) is 5.52. The first kappa shape index (κ1) is 18.5. The van der Waals surface area contributed by atoms with E-state index in [2.05, 4.69) is 29.7 Å². The van der Waals surface area contributed by atoms with E-state index in [1.807, 2.05) is 13.1 Å². The van der Waals surface area contributed by atoms with Gasteiger partial charge in [-0.3, -0.25) is 19.8 Å². The van der Waals surface area contributed by atoms with E-state index < -0.39 is 0 Å². The quantitative estimate of drug-likeness (QED) is 0.832. The summed E-state index contributed by atoms with van der Waals surface area (Å²) in [5, 5.41) is 10.1. The summed E-state index contributed by atoms with van der Waals surface area (Å²) in [6.45, 7) is 8.22. The fraction of sp³-hybridized carbons (Fsp3) is 0.650. The Labute approximate surface area is 160 Å². The maximum atomic E-state index is 10.1. The number of rotatable bonds is 5. The molecule has 7 heteroatoms. The summed E-state index contributed by atoms with van der Waals surface area (Å²) in [6.07, 6.45) is 10.7. The van der Waals surface area contributed by atoms with Crippen LogP contribution in [0, 0.1) is 18.3 Å². The van der Waals surface area contributed by atoms with Crippen LogP contribution in [0.2, 0.25) is 0 Å². The van der Waals surface area contributed by atoms with Gasteiger partial charge in [0.25, 0.3) is 0 Å². The van der Waals surface area contributed by atoms with Crippen molar-refractivity contribution in [3.63, 3.8) is 0 Å². The third-order valence-corrected chi connectivity index (χ3v) is 6.63. The van der Waals surface area contributed by atoms with Crippen molar-refractivity contribution in [3.05, 3.63) is 42.0 Å². The average molecular weight is 371 g/mol. The molecule has 2 aliphatic heterocycles. The first-order valence-electron chi connectivity index (χ1n) is 9.99. The molecule has 27 heavy (non-hydrogen) atoms. The third kappa shape index (κ3) is 4.05. The van der Waals surface area contributed by atoms with Gasteiger partial charge in [0, 0.05) is 50.4 Å². The summed E-state index contributed by atoms with van der Waals surface area (Å²) in [4.78, 5) is 21.3. The normalized spacial score (nSPS) is 23.7. The molecule has 0 aliphatic carbocycles. The van der Waals surface area contributed by atoms with E-state index in [-0.39, 0.29) is 12.0 Å². The highest BCUT2D eigenvalue weighted by Gasteiger charge is 2.44. The fourth-order valence-corrected chi connectivity index (χ4v) is 4.79. The van der Waals surface area contributed by atoms with Crippen LogP contribution in [0.4, 0.5) is 0 Å². The minimum Gasteiger partial charge on any atom is -0.396 e. The van der Waals surface area contributed by atoms with Crippen LogP contribution >= 0.6 is 0 Å². The molecule has 0 amide bonds. The first-order valence-corrected chi connectivity index (χ1v) is 9.99. The van der Waals surface area contributed by atoms with Crippen molar-refractivity contribution < 1.29 is 5.11 Å². The van der Waals surface area contributed by atoms with E-state index in [1.54, 1.807) is 18.6 Å². The molecular formula is C20H30N6O. The number of aromatic amines is 1. The molecule has 2 aromatic heterocycles. The number of hydrogen-bond acceptors (Lipinski definition) is 6. The van der Waals surface area contributed by atoms with Gasteiger partial charge in [0.15, 0.2) is 0 Å². The summed E-state index contributed by atoms with van der Waals surface area (Å²) >= 11 is 0. The lowest BCUT2D eigenvalue weighted by atomic mass is 9.64. The number of nitrogens with zero attached hydrogens (tertiary/aromatic N) is 5. The van der Waals surface area contributed by atoms with Crippen LogP contribution in [-0.4, -0.2) is 67.6 Å². The fourth-order valence-electron chi connectivity index (χ4n) is 4.79. The Morgan fingerprint density at radius 3 is 2.44 bits per heavy atom. The third-order valence-electron chi connectivity index (χ3n) is 6.63. The lowest BCUT2D eigenvalue weighted by molar-refractivity contribution is -0.0456. The van der Waals surface area contributed by atoms with Crippen LogP contribution in [0.1, 0.15) is 36.5 Å². The van der Waals surface area contributed by atoms with Gasteiger partial charge >= 0.3 is 0 Å². The number of nitrogens with one attached hydrogen (secondary N) is 1. The maximum absolute atomic E-state index is 10.1. The van der Waals surface area contributed by atoms with E-state index in [0.717, 1.165) is 75.7 Å². The largest absolute Gasteiger partial charge is 0.396 e. The Morgan fingerprint density at radius 1 is 1.04 bits per heavy atom. The lowest BCUT2D eigenvalue weighted by Crippen LogP contribution is -2.53. The summed E-state index contributed by atoms with van der Waals surface area (Å²) in [5.74, 6) is 1.36. The molecule has 2 fully saturated rings. The van der Waals surface area contributed by atoms with Crippen LogP contribution in [0.25, 0.3) is 0 Å². The van der Waals surface area contributed by atoms with Crippen LogP contribution in [-0.2, 0) is 13.1 Å². The van der Waals surface area contributed by atoms with Gasteiger partial charge in [0.2, 0.25) is 0 Å². The monoisotopic (exact) mass is 370 g/mol. The van der Waals surface area contributed by atoms with Crippen LogP contribution in [0.3, 0.4) is 0 Å². The predicted molar refractivity (Wildman–Crippen MR) is 103 cm³/mol. The standard InChI is InChI=1S/C20H30N6O/c1-16-18(22-6-5-21-16)13-25-9-2-20(3-10-25)4-11-26(12-17(20)15-27)14-19-23-7-8-24-19/h5-8,17,27H,2-4,9-15H2,1H3,(H,23,24)/t17-/m0/s1. The molecule has 1 atom stereocenters. The number of H-pyrrole nitrogens is 1. The van der Waals surface area contributed by atoms with Gasteiger partial charge < -0.3 is 10.1 Å². The zero-order valence-corrected chi connectivity index (χ0v) is 16.1. The highest BCUT2D eigenvalue weighted by Crippen LogP contribution is 2.45. The van der Waals surface area contributed by atoms with Gasteiger partial charge in [0.1, 0.15) is 5.82 Å².